The minimum atomic E-state index is 0.531. The Morgan fingerprint density at radius 2 is 1.88 bits per heavy atom. The molecule has 2 rings (SSSR count). The average molecular weight is 414 g/mol. The SMILES string of the molecule is CCN(CC)CCCNC(=S)Nc1nn(Cc2ccc(Cl)cc2)cc1Cl. The summed E-state index contributed by atoms with van der Waals surface area (Å²) >= 11 is 17.5. The summed E-state index contributed by atoms with van der Waals surface area (Å²) in [5.41, 5.74) is 1.09. The molecule has 8 heteroatoms. The van der Waals surface area contributed by atoms with Crippen LogP contribution >= 0.6 is 35.4 Å². The van der Waals surface area contributed by atoms with E-state index in [2.05, 4.69) is 34.5 Å². The molecule has 1 aromatic carbocycles. The first-order valence-corrected chi connectivity index (χ1v) is 9.92. The van der Waals surface area contributed by atoms with E-state index in [0.29, 0.717) is 27.5 Å². The fourth-order valence-corrected chi connectivity index (χ4v) is 3.06. The van der Waals surface area contributed by atoms with Crippen LogP contribution in [0.5, 0.6) is 0 Å². The minimum Gasteiger partial charge on any atom is -0.362 e. The van der Waals surface area contributed by atoms with Crippen LogP contribution in [0.15, 0.2) is 30.5 Å². The molecule has 0 saturated heterocycles. The predicted octanol–water partition coefficient (Wildman–Crippen LogP) is 4.26. The lowest BCUT2D eigenvalue weighted by molar-refractivity contribution is 0.300. The van der Waals surface area contributed by atoms with Crippen LogP contribution in [0.1, 0.15) is 25.8 Å². The summed E-state index contributed by atoms with van der Waals surface area (Å²) in [6.07, 6.45) is 2.81. The van der Waals surface area contributed by atoms with Crippen molar-refractivity contribution in [1.29, 1.82) is 0 Å². The van der Waals surface area contributed by atoms with Crippen molar-refractivity contribution in [2.45, 2.75) is 26.8 Å². The molecular formula is C18H25Cl2N5S. The van der Waals surface area contributed by atoms with E-state index in [0.717, 1.165) is 38.2 Å². The van der Waals surface area contributed by atoms with Crippen LogP contribution in [-0.4, -0.2) is 46.0 Å². The van der Waals surface area contributed by atoms with Crippen molar-refractivity contribution in [1.82, 2.24) is 20.0 Å². The second-order valence-electron chi connectivity index (χ2n) is 5.91. The Bertz CT molecular complexity index is 698. The summed E-state index contributed by atoms with van der Waals surface area (Å²) < 4.78 is 1.77. The van der Waals surface area contributed by atoms with Crippen LogP contribution in [0, 0.1) is 0 Å². The van der Waals surface area contributed by atoms with Gasteiger partial charge in [-0.05, 0) is 56.0 Å². The molecule has 5 nitrogen and oxygen atoms in total. The molecule has 142 valence electrons. The normalized spacial score (nSPS) is 11.0. The number of hydrogen-bond acceptors (Lipinski definition) is 3. The molecule has 0 aliphatic heterocycles. The van der Waals surface area contributed by atoms with E-state index in [1.807, 2.05) is 24.3 Å². The zero-order valence-electron chi connectivity index (χ0n) is 15.1. The third-order valence-electron chi connectivity index (χ3n) is 4.04. The lowest BCUT2D eigenvalue weighted by Crippen LogP contribution is -2.32. The van der Waals surface area contributed by atoms with Gasteiger partial charge in [0.2, 0.25) is 0 Å². The molecule has 1 heterocycles. The number of halogens is 2. The fourth-order valence-electron chi connectivity index (χ4n) is 2.54. The molecular weight excluding hydrogens is 389 g/mol. The highest BCUT2D eigenvalue weighted by Crippen LogP contribution is 2.20. The maximum Gasteiger partial charge on any atom is 0.173 e. The number of aromatic nitrogens is 2. The monoisotopic (exact) mass is 413 g/mol. The van der Waals surface area contributed by atoms with Gasteiger partial charge in [-0.1, -0.05) is 49.2 Å². The molecule has 1 aromatic heterocycles. The predicted molar refractivity (Wildman–Crippen MR) is 114 cm³/mol. The molecule has 2 aromatic rings. The molecule has 0 amide bonds. The van der Waals surface area contributed by atoms with Crippen molar-refractivity contribution in [2.75, 3.05) is 31.5 Å². The van der Waals surface area contributed by atoms with Crippen molar-refractivity contribution in [3.8, 4) is 0 Å². The zero-order chi connectivity index (χ0) is 18.9. The van der Waals surface area contributed by atoms with Crippen LogP contribution in [0.3, 0.4) is 0 Å². The number of anilines is 1. The second-order valence-corrected chi connectivity index (χ2v) is 7.16. The highest BCUT2D eigenvalue weighted by atomic mass is 35.5. The van der Waals surface area contributed by atoms with Gasteiger partial charge in [-0.15, -0.1) is 0 Å². The third-order valence-corrected chi connectivity index (χ3v) is 4.81. The molecule has 0 aliphatic rings. The number of rotatable bonds is 9. The van der Waals surface area contributed by atoms with Crippen LogP contribution in [-0.2, 0) is 6.54 Å². The van der Waals surface area contributed by atoms with Gasteiger partial charge >= 0.3 is 0 Å². The van der Waals surface area contributed by atoms with Gasteiger partial charge in [0.25, 0.3) is 0 Å². The Morgan fingerprint density at radius 3 is 2.54 bits per heavy atom. The van der Waals surface area contributed by atoms with E-state index in [1.54, 1.807) is 10.9 Å². The largest absolute Gasteiger partial charge is 0.362 e. The molecule has 0 radical (unpaired) electrons. The van der Waals surface area contributed by atoms with E-state index < -0.39 is 0 Å². The summed E-state index contributed by atoms with van der Waals surface area (Å²) in [7, 11) is 0. The standard InChI is InChI=1S/C18H25Cl2N5S/c1-3-24(4-2)11-5-10-21-18(26)22-17-16(20)13-25(23-17)12-14-6-8-15(19)9-7-14/h6-9,13H,3-5,10-12H2,1-2H3,(H2,21,22,23,26). The van der Waals surface area contributed by atoms with Gasteiger partial charge in [-0.3, -0.25) is 4.68 Å². The first kappa shape index (κ1) is 21.0. The van der Waals surface area contributed by atoms with E-state index in [4.69, 9.17) is 35.4 Å². The van der Waals surface area contributed by atoms with E-state index in [-0.39, 0.29) is 0 Å². The number of thiocarbonyl (C=S) groups is 1. The van der Waals surface area contributed by atoms with Gasteiger partial charge in [0.05, 0.1) is 6.54 Å². The van der Waals surface area contributed by atoms with Crippen LogP contribution < -0.4 is 10.6 Å². The van der Waals surface area contributed by atoms with Gasteiger partial charge in [0, 0.05) is 17.8 Å². The first-order chi connectivity index (χ1) is 12.5. The molecule has 0 atom stereocenters. The molecule has 0 fully saturated rings. The Labute approximate surface area is 170 Å². The summed E-state index contributed by atoms with van der Waals surface area (Å²) in [5.74, 6) is 0.557. The van der Waals surface area contributed by atoms with Crippen LogP contribution in [0.4, 0.5) is 5.82 Å². The number of nitrogens with one attached hydrogen (secondary N) is 2. The summed E-state index contributed by atoms with van der Waals surface area (Å²) in [6, 6.07) is 7.65. The lowest BCUT2D eigenvalue weighted by Gasteiger charge is -2.18. The highest BCUT2D eigenvalue weighted by Gasteiger charge is 2.09. The van der Waals surface area contributed by atoms with Gasteiger partial charge in [0.1, 0.15) is 5.02 Å². The van der Waals surface area contributed by atoms with Crippen molar-refractivity contribution >= 4 is 46.4 Å². The molecule has 0 unspecified atom stereocenters. The number of benzene rings is 1. The second kappa shape index (κ2) is 10.7. The van der Waals surface area contributed by atoms with Crippen molar-refractivity contribution in [2.24, 2.45) is 0 Å². The van der Waals surface area contributed by atoms with Gasteiger partial charge in [-0.2, -0.15) is 5.10 Å². The van der Waals surface area contributed by atoms with E-state index >= 15 is 0 Å². The van der Waals surface area contributed by atoms with E-state index in [9.17, 15) is 0 Å². The highest BCUT2D eigenvalue weighted by molar-refractivity contribution is 7.80. The smallest absolute Gasteiger partial charge is 0.173 e. The molecule has 26 heavy (non-hydrogen) atoms. The van der Waals surface area contributed by atoms with Crippen molar-refractivity contribution < 1.29 is 0 Å². The Kier molecular flexibility index (Phi) is 8.65. The Hall–Kier alpha value is -1.34. The Balaban J connectivity index is 1.81. The zero-order valence-corrected chi connectivity index (χ0v) is 17.5. The van der Waals surface area contributed by atoms with Gasteiger partial charge in [-0.25, -0.2) is 0 Å². The van der Waals surface area contributed by atoms with Crippen molar-refractivity contribution in [3.05, 3.63) is 46.1 Å². The molecule has 2 N–H and O–H groups in total. The molecule has 0 spiro atoms. The first-order valence-electron chi connectivity index (χ1n) is 8.76. The summed E-state index contributed by atoms with van der Waals surface area (Å²) in [6.45, 7) is 8.96. The molecule has 0 bridgehead atoms. The molecule has 0 aliphatic carbocycles. The third kappa shape index (κ3) is 6.76. The molecule has 0 saturated carbocycles. The minimum absolute atomic E-state index is 0.531. The van der Waals surface area contributed by atoms with Gasteiger partial charge < -0.3 is 15.5 Å². The fraction of sp³-hybridized carbons (Fsp3) is 0.444. The number of hydrogen-bond donors (Lipinski definition) is 2. The quantitative estimate of drug-likeness (QED) is 0.474. The lowest BCUT2D eigenvalue weighted by atomic mass is 10.2. The number of nitrogens with zero attached hydrogens (tertiary/aromatic N) is 3. The maximum atomic E-state index is 6.26. The van der Waals surface area contributed by atoms with E-state index in [1.165, 1.54) is 0 Å². The topological polar surface area (TPSA) is 45.1 Å². The maximum absolute atomic E-state index is 6.26. The summed E-state index contributed by atoms with van der Waals surface area (Å²) in [4.78, 5) is 2.38. The Morgan fingerprint density at radius 1 is 1.19 bits per heavy atom. The van der Waals surface area contributed by atoms with Crippen LogP contribution in [0.25, 0.3) is 0 Å². The van der Waals surface area contributed by atoms with Crippen LogP contribution in [0.2, 0.25) is 10.0 Å². The summed E-state index contributed by atoms with van der Waals surface area (Å²) in [5, 5.41) is 12.5. The van der Waals surface area contributed by atoms with Crippen molar-refractivity contribution in [3.63, 3.8) is 0 Å². The average Bonchev–Trinajstić information content (AvgIpc) is 2.96. The van der Waals surface area contributed by atoms with Gasteiger partial charge in [0.15, 0.2) is 10.9 Å².